The van der Waals surface area contributed by atoms with E-state index in [-0.39, 0.29) is 0 Å². The molecule has 0 amide bonds. The minimum absolute atomic E-state index is 0.363. The van der Waals surface area contributed by atoms with Gasteiger partial charge in [0.05, 0.1) is 6.54 Å². The van der Waals surface area contributed by atoms with E-state index >= 15 is 0 Å². The van der Waals surface area contributed by atoms with E-state index in [1.807, 2.05) is 6.92 Å². The van der Waals surface area contributed by atoms with E-state index in [1.54, 1.807) is 0 Å². The van der Waals surface area contributed by atoms with Gasteiger partial charge in [-0.25, -0.2) is 0 Å². The lowest BCUT2D eigenvalue weighted by atomic mass is 9.98. The first-order valence-electron chi connectivity index (χ1n) is 6.08. The molecule has 1 aliphatic heterocycles. The average Bonchev–Trinajstić information content (AvgIpc) is 2.39. The molecule has 2 heteroatoms. The van der Waals surface area contributed by atoms with Gasteiger partial charge in [0.25, 0.3) is 0 Å². The molecule has 0 saturated heterocycles. The highest BCUT2D eigenvalue weighted by atomic mass is 14.8. The highest BCUT2D eigenvalue weighted by Crippen LogP contribution is 2.18. The summed E-state index contributed by atoms with van der Waals surface area (Å²) < 4.78 is 0. The quantitative estimate of drug-likeness (QED) is 0.722. The maximum atomic E-state index is 6.17. The van der Waals surface area contributed by atoms with Crippen LogP contribution >= 0.6 is 0 Å². The standard InChI is InChI=1S/C15H18N2/c1-11-8-9-14(17-10-11)12(2)15(16)13-6-4-3-5-7-13/h4,6-7,11H,3,5,10,16H2,1-2H3. The lowest BCUT2D eigenvalue weighted by molar-refractivity contribution is 0.763. The first-order chi connectivity index (χ1) is 8.18. The smallest absolute Gasteiger partial charge is 0.112 e. The minimum atomic E-state index is 0.363. The molecular formula is C15H18N2. The lowest BCUT2D eigenvalue weighted by Gasteiger charge is -2.13. The topological polar surface area (TPSA) is 38.4 Å². The third-order valence-corrected chi connectivity index (χ3v) is 3.03. The summed E-state index contributed by atoms with van der Waals surface area (Å²) in [7, 11) is 0. The first kappa shape index (κ1) is 11.7. The van der Waals surface area contributed by atoms with Crippen LogP contribution in [0, 0.1) is 17.8 Å². The molecular weight excluding hydrogens is 208 g/mol. The van der Waals surface area contributed by atoms with Gasteiger partial charge in [-0.3, -0.25) is 4.99 Å². The third kappa shape index (κ3) is 2.68. The van der Waals surface area contributed by atoms with Crippen molar-refractivity contribution in [3.05, 3.63) is 35.1 Å². The third-order valence-electron chi connectivity index (χ3n) is 3.03. The fourth-order valence-corrected chi connectivity index (χ4v) is 1.87. The summed E-state index contributed by atoms with van der Waals surface area (Å²) in [5.74, 6) is 6.62. The molecule has 0 aromatic rings. The molecule has 2 N–H and O–H groups in total. The SMILES string of the molecule is CC(C1=NCC(C)C#C1)=C(N)C1=CCCC=C1. The molecule has 0 radical (unpaired) electrons. The van der Waals surface area contributed by atoms with Crippen LogP contribution in [-0.2, 0) is 0 Å². The van der Waals surface area contributed by atoms with Crippen LogP contribution in [0.1, 0.15) is 26.7 Å². The van der Waals surface area contributed by atoms with Gasteiger partial charge < -0.3 is 5.73 Å². The zero-order chi connectivity index (χ0) is 12.3. The predicted octanol–water partition coefficient (Wildman–Crippen LogP) is 2.59. The summed E-state index contributed by atoms with van der Waals surface area (Å²) in [6.07, 6.45) is 8.59. The molecule has 0 saturated carbocycles. The molecule has 0 bridgehead atoms. The van der Waals surface area contributed by atoms with Crippen molar-refractivity contribution in [3.8, 4) is 11.8 Å². The molecule has 88 valence electrons. The molecule has 2 rings (SSSR count). The Morgan fingerprint density at radius 1 is 1.47 bits per heavy atom. The summed E-state index contributed by atoms with van der Waals surface area (Å²) in [6.45, 7) is 4.87. The Hall–Kier alpha value is -1.75. The van der Waals surface area contributed by atoms with Crippen molar-refractivity contribution in [2.24, 2.45) is 16.6 Å². The van der Waals surface area contributed by atoms with Crippen LogP contribution in [0.4, 0.5) is 0 Å². The molecule has 0 aromatic heterocycles. The second-order valence-electron chi connectivity index (χ2n) is 4.54. The number of aliphatic imine (C=N–C) groups is 1. The molecule has 1 unspecified atom stereocenters. The minimum Gasteiger partial charge on any atom is -0.398 e. The summed E-state index contributed by atoms with van der Waals surface area (Å²) >= 11 is 0. The fraction of sp³-hybridized carbons (Fsp3) is 0.400. The molecule has 0 fully saturated rings. The van der Waals surface area contributed by atoms with Gasteiger partial charge in [0, 0.05) is 17.2 Å². The highest BCUT2D eigenvalue weighted by Gasteiger charge is 2.11. The second-order valence-corrected chi connectivity index (χ2v) is 4.54. The normalized spacial score (nSPS) is 24.2. The maximum absolute atomic E-state index is 6.17. The van der Waals surface area contributed by atoms with Crippen LogP contribution in [-0.4, -0.2) is 12.3 Å². The molecule has 17 heavy (non-hydrogen) atoms. The summed E-state index contributed by atoms with van der Waals surface area (Å²) in [6, 6.07) is 0. The van der Waals surface area contributed by atoms with E-state index in [4.69, 9.17) is 5.73 Å². The van der Waals surface area contributed by atoms with Crippen molar-refractivity contribution in [1.29, 1.82) is 0 Å². The van der Waals surface area contributed by atoms with E-state index in [0.717, 1.165) is 41.9 Å². The maximum Gasteiger partial charge on any atom is 0.112 e. The summed E-state index contributed by atoms with van der Waals surface area (Å²) in [5.41, 5.74) is 9.94. The van der Waals surface area contributed by atoms with E-state index in [9.17, 15) is 0 Å². The average molecular weight is 226 g/mol. The fourth-order valence-electron chi connectivity index (χ4n) is 1.87. The van der Waals surface area contributed by atoms with Gasteiger partial charge in [0.1, 0.15) is 5.71 Å². The summed E-state index contributed by atoms with van der Waals surface area (Å²) in [4.78, 5) is 4.48. The largest absolute Gasteiger partial charge is 0.398 e. The van der Waals surface area contributed by atoms with Crippen molar-refractivity contribution in [2.45, 2.75) is 26.7 Å². The van der Waals surface area contributed by atoms with Gasteiger partial charge in [0.15, 0.2) is 0 Å². The number of allylic oxidation sites excluding steroid dienone is 4. The first-order valence-corrected chi connectivity index (χ1v) is 6.08. The molecule has 0 spiro atoms. The number of hydrogen-bond donors (Lipinski definition) is 1. The van der Waals surface area contributed by atoms with Crippen LogP contribution in [0.25, 0.3) is 0 Å². The Balaban J connectivity index is 2.26. The van der Waals surface area contributed by atoms with Crippen molar-refractivity contribution in [1.82, 2.24) is 0 Å². The lowest BCUT2D eigenvalue weighted by Crippen LogP contribution is -2.14. The molecule has 1 atom stereocenters. The molecule has 0 aromatic carbocycles. The number of nitrogens with zero attached hydrogens (tertiary/aromatic N) is 1. The number of hydrogen-bond acceptors (Lipinski definition) is 2. The summed E-state index contributed by atoms with van der Waals surface area (Å²) in [5, 5.41) is 0. The van der Waals surface area contributed by atoms with Gasteiger partial charge in [-0.2, -0.15) is 0 Å². The number of nitrogens with two attached hydrogens (primary N) is 1. The molecule has 1 aliphatic carbocycles. The second kappa shape index (κ2) is 5.05. The Labute approximate surface area is 103 Å². The van der Waals surface area contributed by atoms with Crippen LogP contribution in [0.2, 0.25) is 0 Å². The highest BCUT2D eigenvalue weighted by molar-refractivity contribution is 6.13. The van der Waals surface area contributed by atoms with Crippen LogP contribution < -0.4 is 5.73 Å². The van der Waals surface area contributed by atoms with E-state index in [1.165, 1.54) is 0 Å². The van der Waals surface area contributed by atoms with Gasteiger partial charge >= 0.3 is 0 Å². The van der Waals surface area contributed by atoms with E-state index < -0.39 is 0 Å². The van der Waals surface area contributed by atoms with Gasteiger partial charge in [-0.15, -0.1) is 0 Å². The predicted molar refractivity (Wildman–Crippen MR) is 72.6 cm³/mol. The van der Waals surface area contributed by atoms with E-state index in [0.29, 0.717) is 5.92 Å². The van der Waals surface area contributed by atoms with E-state index in [2.05, 4.69) is 42.0 Å². The van der Waals surface area contributed by atoms with Gasteiger partial charge in [-0.05, 0) is 38.2 Å². The zero-order valence-electron chi connectivity index (χ0n) is 10.5. The van der Waals surface area contributed by atoms with Crippen LogP contribution in [0.15, 0.2) is 40.1 Å². The number of rotatable bonds is 2. The monoisotopic (exact) mass is 226 g/mol. The van der Waals surface area contributed by atoms with Crippen molar-refractivity contribution in [3.63, 3.8) is 0 Å². The zero-order valence-corrected chi connectivity index (χ0v) is 10.5. The van der Waals surface area contributed by atoms with Crippen LogP contribution in [0.5, 0.6) is 0 Å². The van der Waals surface area contributed by atoms with Gasteiger partial charge in [-0.1, -0.05) is 24.1 Å². The molecule has 2 nitrogen and oxygen atoms in total. The molecule has 2 aliphatic rings. The Morgan fingerprint density at radius 3 is 2.88 bits per heavy atom. The Kier molecular flexibility index (Phi) is 3.49. The Morgan fingerprint density at radius 2 is 2.29 bits per heavy atom. The molecule has 1 heterocycles. The van der Waals surface area contributed by atoms with Crippen molar-refractivity contribution in [2.75, 3.05) is 6.54 Å². The van der Waals surface area contributed by atoms with Crippen molar-refractivity contribution < 1.29 is 0 Å². The Bertz CT molecular complexity index is 493. The van der Waals surface area contributed by atoms with Crippen LogP contribution in [0.3, 0.4) is 0 Å². The van der Waals surface area contributed by atoms with Gasteiger partial charge in [0.2, 0.25) is 0 Å². The van der Waals surface area contributed by atoms with Crippen molar-refractivity contribution >= 4 is 5.71 Å².